The molecule has 1 heterocycles. The molecule has 22 heavy (non-hydrogen) atoms. The minimum atomic E-state index is -0.684. The number of nitrogens with one attached hydrogen (secondary N) is 1. The Labute approximate surface area is 126 Å². The number of phenols is 1. The van der Waals surface area contributed by atoms with Gasteiger partial charge in [0.15, 0.2) is 0 Å². The molecule has 0 aliphatic rings. The second-order valence-corrected chi connectivity index (χ2v) is 4.97. The zero-order chi connectivity index (χ0) is 15.7. The summed E-state index contributed by atoms with van der Waals surface area (Å²) in [6, 6.07) is 10.5. The maximum absolute atomic E-state index is 13.7. The number of rotatable bonds is 3. The first-order chi connectivity index (χ1) is 10.6. The fourth-order valence-corrected chi connectivity index (χ4v) is 2.26. The third kappa shape index (κ3) is 2.50. The Kier molecular flexibility index (Phi) is 3.50. The van der Waals surface area contributed by atoms with Gasteiger partial charge in [-0.05, 0) is 31.2 Å². The van der Waals surface area contributed by atoms with E-state index in [0.29, 0.717) is 0 Å². The van der Waals surface area contributed by atoms with Crippen molar-refractivity contribution in [3.05, 3.63) is 54.6 Å². The molecule has 2 N–H and O–H groups in total. The topological polar surface area (TPSA) is 67.2 Å². The molecule has 1 atom stereocenters. The van der Waals surface area contributed by atoms with Gasteiger partial charge < -0.3 is 15.0 Å². The van der Waals surface area contributed by atoms with E-state index < -0.39 is 11.9 Å². The first-order valence-corrected chi connectivity index (χ1v) is 6.77. The minimum Gasteiger partial charge on any atom is -0.508 e. The van der Waals surface area contributed by atoms with Gasteiger partial charge >= 0.3 is 0 Å². The highest BCUT2D eigenvalue weighted by Gasteiger charge is 2.18. The molecular formula is C16H14FN3O2. The number of anilines is 1. The number of hydrogen-bond donors (Lipinski definition) is 2. The van der Waals surface area contributed by atoms with Crippen LogP contribution < -0.4 is 5.32 Å². The van der Waals surface area contributed by atoms with Gasteiger partial charge in [-0.1, -0.05) is 12.1 Å². The molecule has 2 aromatic carbocycles. The van der Waals surface area contributed by atoms with Gasteiger partial charge in [-0.25, -0.2) is 9.37 Å². The standard InChI is InChI=1S/C16H14FN3O2/c1-10(20-9-18-14-4-2-3-5-15(14)20)16(22)19-13-7-6-11(21)8-12(13)17/h2-10,21H,1H3,(H,19,22)/t10-/m0/s1. The van der Waals surface area contributed by atoms with Crippen molar-refractivity contribution in [3.63, 3.8) is 0 Å². The van der Waals surface area contributed by atoms with Crippen LogP contribution in [0.25, 0.3) is 11.0 Å². The maximum Gasteiger partial charge on any atom is 0.247 e. The molecule has 0 saturated heterocycles. The van der Waals surface area contributed by atoms with Gasteiger partial charge in [0, 0.05) is 6.07 Å². The number of imidazole rings is 1. The van der Waals surface area contributed by atoms with Crippen molar-refractivity contribution in [1.29, 1.82) is 0 Å². The van der Waals surface area contributed by atoms with Crippen molar-refractivity contribution < 1.29 is 14.3 Å². The number of aromatic hydroxyl groups is 1. The number of hydrogen-bond acceptors (Lipinski definition) is 3. The van der Waals surface area contributed by atoms with E-state index in [0.717, 1.165) is 17.1 Å². The van der Waals surface area contributed by atoms with Crippen LogP contribution in [0.15, 0.2) is 48.8 Å². The van der Waals surface area contributed by atoms with Crippen molar-refractivity contribution in [3.8, 4) is 5.75 Å². The zero-order valence-corrected chi connectivity index (χ0v) is 11.8. The molecule has 1 amide bonds. The van der Waals surface area contributed by atoms with Crippen LogP contribution in [-0.2, 0) is 4.79 Å². The van der Waals surface area contributed by atoms with E-state index in [1.54, 1.807) is 17.8 Å². The third-order valence-corrected chi connectivity index (χ3v) is 3.49. The summed E-state index contributed by atoms with van der Waals surface area (Å²) in [5.74, 6) is -1.24. The van der Waals surface area contributed by atoms with Crippen LogP contribution in [0.1, 0.15) is 13.0 Å². The van der Waals surface area contributed by atoms with Crippen LogP contribution in [0.2, 0.25) is 0 Å². The Balaban J connectivity index is 1.85. The van der Waals surface area contributed by atoms with Gasteiger partial charge in [0.25, 0.3) is 0 Å². The molecule has 0 saturated carbocycles. The lowest BCUT2D eigenvalue weighted by molar-refractivity contribution is -0.118. The Morgan fingerprint density at radius 3 is 2.86 bits per heavy atom. The smallest absolute Gasteiger partial charge is 0.247 e. The lowest BCUT2D eigenvalue weighted by Crippen LogP contribution is -2.23. The molecule has 0 bridgehead atoms. The van der Waals surface area contributed by atoms with Gasteiger partial charge in [-0.15, -0.1) is 0 Å². The van der Waals surface area contributed by atoms with E-state index in [1.165, 1.54) is 12.1 Å². The van der Waals surface area contributed by atoms with Crippen molar-refractivity contribution in [2.24, 2.45) is 0 Å². The quantitative estimate of drug-likeness (QED) is 0.730. The van der Waals surface area contributed by atoms with Crippen LogP contribution in [-0.4, -0.2) is 20.6 Å². The molecule has 0 radical (unpaired) electrons. The van der Waals surface area contributed by atoms with Crippen LogP contribution in [0.4, 0.5) is 10.1 Å². The highest BCUT2D eigenvalue weighted by molar-refractivity contribution is 5.94. The number of para-hydroxylation sites is 2. The summed E-state index contributed by atoms with van der Waals surface area (Å²) in [5.41, 5.74) is 1.65. The van der Waals surface area contributed by atoms with Crippen LogP contribution in [0.5, 0.6) is 5.75 Å². The molecule has 0 aliphatic heterocycles. The molecular weight excluding hydrogens is 285 g/mol. The zero-order valence-electron chi connectivity index (χ0n) is 11.8. The summed E-state index contributed by atoms with van der Waals surface area (Å²) in [4.78, 5) is 16.5. The van der Waals surface area contributed by atoms with Crippen LogP contribution >= 0.6 is 0 Å². The molecule has 0 fully saturated rings. The maximum atomic E-state index is 13.7. The Bertz CT molecular complexity index is 844. The molecule has 3 aromatic rings. The van der Waals surface area contributed by atoms with E-state index in [1.807, 2.05) is 24.3 Å². The normalized spacial score (nSPS) is 12.3. The van der Waals surface area contributed by atoms with Crippen LogP contribution in [0.3, 0.4) is 0 Å². The lowest BCUT2D eigenvalue weighted by atomic mass is 10.2. The predicted molar refractivity (Wildman–Crippen MR) is 81.1 cm³/mol. The molecule has 3 rings (SSSR count). The van der Waals surface area contributed by atoms with Gasteiger partial charge in [0.1, 0.15) is 17.6 Å². The molecule has 112 valence electrons. The highest BCUT2D eigenvalue weighted by atomic mass is 19.1. The van der Waals surface area contributed by atoms with Crippen molar-refractivity contribution in [2.45, 2.75) is 13.0 Å². The highest BCUT2D eigenvalue weighted by Crippen LogP contribution is 2.22. The van der Waals surface area contributed by atoms with Gasteiger partial charge in [-0.2, -0.15) is 0 Å². The van der Waals surface area contributed by atoms with Crippen molar-refractivity contribution in [1.82, 2.24) is 9.55 Å². The second-order valence-electron chi connectivity index (χ2n) is 4.97. The van der Waals surface area contributed by atoms with Gasteiger partial charge in [-0.3, -0.25) is 4.79 Å². The number of carbonyl (C=O) groups is 1. The first-order valence-electron chi connectivity index (χ1n) is 6.77. The third-order valence-electron chi connectivity index (χ3n) is 3.49. The fraction of sp³-hybridized carbons (Fsp3) is 0.125. The molecule has 0 spiro atoms. The number of benzene rings is 2. The number of phenolic OH excluding ortho intramolecular Hbond substituents is 1. The number of aromatic nitrogens is 2. The predicted octanol–water partition coefficient (Wildman–Crippen LogP) is 3.08. The number of carbonyl (C=O) groups excluding carboxylic acids is 1. The largest absolute Gasteiger partial charge is 0.508 e. The van der Waals surface area contributed by atoms with E-state index in [9.17, 15) is 14.3 Å². The molecule has 1 aromatic heterocycles. The van der Waals surface area contributed by atoms with Gasteiger partial charge in [0.2, 0.25) is 5.91 Å². The summed E-state index contributed by atoms with van der Waals surface area (Å²) in [6.07, 6.45) is 1.59. The Morgan fingerprint density at radius 1 is 1.32 bits per heavy atom. The average molecular weight is 299 g/mol. The number of fused-ring (bicyclic) bond motifs is 1. The minimum absolute atomic E-state index is 0.0269. The van der Waals surface area contributed by atoms with E-state index >= 15 is 0 Å². The number of nitrogens with zero attached hydrogens (tertiary/aromatic N) is 2. The van der Waals surface area contributed by atoms with E-state index in [2.05, 4.69) is 10.3 Å². The first kappa shape index (κ1) is 14.1. The lowest BCUT2D eigenvalue weighted by Gasteiger charge is -2.15. The van der Waals surface area contributed by atoms with Crippen LogP contribution in [0, 0.1) is 5.82 Å². The van der Waals surface area contributed by atoms with Gasteiger partial charge in [0.05, 0.1) is 23.0 Å². The van der Waals surface area contributed by atoms with E-state index in [4.69, 9.17) is 0 Å². The van der Waals surface area contributed by atoms with Crippen molar-refractivity contribution >= 4 is 22.6 Å². The summed E-state index contributed by atoms with van der Waals surface area (Å²) in [7, 11) is 0. The number of halogens is 1. The monoisotopic (exact) mass is 299 g/mol. The summed E-state index contributed by atoms with van der Waals surface area (Å²) in [6.45, 7) is 1.71. The summed E-state index contributed by atoms with van der Waals surface area (Å²) < 4.78 is 15.4. The molecule has 6 heteroatoms. The fourth-order valence-electron chi connectivity index (χ4n) is 2.26. The summed E-state index contributed by atoms with van der Waals surface area (Å²) in [5, 5.41) is 11.7. The average Bonchev–Trinajstić information content (AvgIpc) is 2.93. The Morgan fingerprint density at radius 2 is 2.09 bits per heavy atom. The molecule has 5 nitrogen and oxygen atoms in total. The SMILES string of the molecule is C[C@@H](C(=O)Nc1ccc(O)cc1F)n1cnc2ccccc21. The molecule has 0 aliphatic carbocycles. The summed E-state index contributed by atoms with van der Waals surface area (Å²) >= 11 is 0. The molecule has 0 unspecified atom stereocenters. The second kappa shape index (κ2) is 5.48. The van der Waals surface area contributed by atoms with Crippen molar-refractivity contribution in [2.75, 3.05) is 5.32 Å². The number of amides is 1. The van der Waals surface area contributed by atoms with E-state index in [-0.39, 0.29) is 17.3 Å². The Hall–Kier alpha value is -2.89.